The molecule has 0 bridgehead atoms. The van der Waals surface area contributed by atoms with Gasteiger partial charge in [-0.2, -0.15) is 0 Å². The molecule has 0 aliphatic carbocycles. The van der Waals surface area contributed by atoms with Gasteiger partial charge in [0, 0.05) is 0 Å². The molecular formula is Na2S8. The predicted octanol–water partition coefficient (Wildman–Crippen LogP) is -2.11. The van der Waals surface area contributed by atoms with Crippen molar-refractivity contribution >= 4 is 82.3 Å². The zero-order chi connectivity index (χ0) is 6.24. The van der Waals surface area contributed by atoms with Crippen LogP contribution in [0.3, 0.4) is 0 Å². The van der Waals surface area contributed by atoms with Crippen LogP contribution in [0.4, 0.5) is 0 Å². The van der Waals surface area contributed by atoms with E-state index in [4.69, 9.17) is 0 Å². The maximum Gasteiger partial charge on any atom is 1.00 e. The van der Waals surface area contributed by atoms with Gasteiger partial charge in [0.2, 0.25) is 0 Å². The van der Waals surface area contributed by atoms with Gasteiger partial charge in [-0.15, -0.1) is 0 Å². The second kappa shape index (κ2) is 19.4. The van der Waals surface area contributed by atoms with E-state index in [9.17, 15) is 0 Å². The molecule has 0 aromatic rings. The first kappa shape index (κ1) is 20.2. The molecule has 0 fully saturated rings. The molecule has 0 saturated heterocycles. The monoisotopic (exact) mass is 302 g/mol. The third-order valence-corrected chi connectivity index (χ3v) is 11.2. The quantitative estimate of drug-likeness (QED) is 0.242. The number of rotatable bonds is 5. The van der Waals surface area contributed by atoms with Gasteiger partial charge in [0.15, 0.2) is 0 Å². The van der Waals surface area contributed by atoms with E-state index >= 15 is 0 Å². The SMILES string of the molecule is [Na+].[Na+].[S-]SSSSSS[S-]. The maximum atomic E-state index is 4.60. The van der Waals surface area contributed by atoms with Crippen molar-refractivity contribution in [3.05, 3.63) is 0 Å². The van der Waals surface area contributed by atoms with Gasteiger partial charge in [-0.05, 0) is 39.3 Å². The van der Waals surface area contributed by atoms with Crippen LogP contribution in [0.2, 0.25) is 0 Å². The van der Waals surface area contributed by atoms with Gasteiger partial charge in [0.1, 0.15) is 0 Å². The van der Waals surface area contributed by atoms with Gasteiger partial charge < -0.3 is 23.3 Å². The molecule has 10 heteroatoms. The van der Waals surface area contributed by atoms with Crippen LogP contribution < -0.4 is 59.1 Å². The third-order valence-electron chi connectivity index (χ3n) is 0.139. The first-order valence-corrected chi connectivity index (χ1v) is 10.5. The molecule has 0 nitrogen and oxygen atoms in total. The average Bonchev–Trinajstić information content (AvgIpc) is 1.81. The van der Waals surface area contributed by atoms with Crippen LogP contribution in [0.1, 0.15) is 0 Å². The Bertz CT molecular complexity index is 32.2. The molecule has 0 unspecified atom stereocenters. The summed E-state index contributed by atoms with van der Waals surface area (Å²) in [7, 11) is 9.12. The first-order chi connectivity index (χ1) is 3.91. The summed E-state index contributed by atoms with van der Waals surface area (Å²) >= 11 is 9.21. The molecule has 0 heterocycles. The first-order valence-electron chi connectivity index (χ1n) is 1.17. The predicted molar refractivity (Wildman–Crippen MR) is 60.3 cm³/mol. The molecule has 0 spiro atoms. The molecule has 0 radical (unpaired) electrons. The van der Waals surface area contributed by atoms with E-state index in [0.717, 1.165) is 0 Å². The minimum absolute atomic E-state index is 0. The van der Waals surface area contributed by atoms with Crippen LogP contribution in [-0.4, -0.2) is 0 Å². The maximum absolute atomic E-state index is 4.60. The number of hydrogen-bond donors (Lipinski definition) is 0. The summed E-state index contributed by atoms with van der Waals surface area (Å²) in [5.74, 6) is 0. The standard InChI is InChI=1S/2Na.H2S8/c;;1-3-5-7-8-6-4-2/h;;1-2H/q2*+1;/p-2. The summed E-state index contributed by atoms with van der Waals surface area (Å²) in [5.41, 5.74) is 0. The largest absolute Gasteiger partial charge is 1.00 e. The van der Waals surface area contributed by atoms with Crippen LogP contribution in [-0.2, 0) is 23.3 Å². The van der Waals surface area contributed by atoms with E-state index in [-0.39, 0.29) is 59.1 Å². The minimum atomic E-state index is 0. The molecule has 0 aliphatic heterocycles. The van der Waals surface area contributed by atoms with E-state index < -0.39 is 0 Å². The second-order valence-electron chi connectivity index (χ2n) is 0.408. The summed E-state index contributed by atoms with van der Waals surface area (Å²) in [5, 5.41) is 0. The summed E-state index contributed by atoms with van der Waals surface area (Å²) in [6.45, 7) is 0. The molecule has 50 valence electrons. The van der Waals surface area contributed by atoms with Crippen molar-refractivity contribution in [1.29, 1.82) is 0 Å². The Labute approximate surface area is 138 Å². The Kier molecular flexibility index (Phi) is 39.2. The fourth-order valence-corrected chi connectivity index (χ4v) is 11.0. The van der Waals surface area contributed by atoms with E-state index in [0.29, 0.717) is 0 Å². The molecule has 0 aromatic heterocycles. The van der Waals surface area contributed by atoms with Crippen LogP contribution in [0, 0.1) is 0 Å². The van der Waals surface area contributed by atoms with Gasteiger partial charge in [-0.25, -0.2) is 0 Å². The van der Waals surface area contributed by atoms with Crippen molar-refractivity contribution in [2.45, 2.75) is 0 Å². The minimum Gasteiger partial charge on any atom is -0.706 e. The molecule has 0 N–H and O–H groups in total. The molecule has 0 aromatic carbocycles. The van der Waals surface area contributed by atoms with E-state index in [1.807, 2.05) is 0 Å². The van der Waals surface area contributed by atoms with Gasteiger partial charge in [0.05, 0.1) is 0 Å². The Morgan fingerprint density at radius 3 is 1.10 bits per heavy atom. The zero-order valence-electron chi connectivity index (χ0n) is 5.27. The van der Waals surface area contributed by atoms with Crippen molar-refractivity contribution in [2.75, 3.05) is 0 Å². The Balaban J connectivity index is -0.000000245. The van der Waals surface area contributed by atoms with Crippen LogP contribution in [0.25, 0.3) is 0 Å². The Hall–Kier alpha value is 4.80. The van der Waals surface area contributed by atoms with Crippen molar-refractivity contribution in [1.82, 2.24) is 0 Å². The normalized spacial score (nSPS) is 7.80. The van der Waals surface area contributed by atoms with Gasteiger partial charge >= 0.3 is 59.1 Å². The van der Waals surface area contributed by atoms with Crippen LogP contribution in [0.15, 0.2) is 0 Å². The summed E-state index contributed by atoms with van der Waals surface area (Å²) < 4.78 is 0. The fourth-order valence-electron chi connectivity index (χ4n) is 0.0454. The second-order valence-corrected chi connectivity index (χ2v) is 11.0. The molecule has 0 atom stereocenters. The van der Waals surface area contributed by atoms with E-state index in [1.165, 1.54) is 19.7 Å². The number of hydrogen-bond acceptors (Lipinski definition) is 8. The van der Waals surface area contributed by atoms with Crippen molar-refractivity contribution < 1.29 is 59.1 Å². The molecule has 0 amide bonds. The fraction of sp³-hybridized carbons (Fsp3) is 0. The van der Waals surface area contributed by atoms with Gasteiger partial charge in [-0.1, -0.05) is 0 Å². The van der Waals surface area contributed by atoms with Crippen molar-refractivity contribution in [3.8, 4) is 0 Å². The van der Waals surface area contributed by atoms with Gasteiger partial charge in [0.25, 0.3) is 0 Å². The van der Waals surface area contributed by atoms with Crippen LogP contribution in [0.5, 0.6) is 0 Å². The Morgan fingerprint density at radius 2 is 0.900 bits per heavy atom. The molecule has 0 saturated carbocycles. The van der Waals surface area contributed by atoms with Gasteiger partial charge in [-0.3, -0.25) is 19.7 Å². The third kappa shape index (κ3) is 18.6. The molecular weight excluding hydrogens is 303 g/mol. The molecule has 0 rings (SSSR count). The van der Waals surface area contributed by atoms with Crippen molar-refractivity contribution in [2.24, 2.45) is 0 Å². The topological polar surface area (TPSA) is 0 Å². The molecule has 10 heavy (non-hydrogen) atoms. The average molecular weight is 303 g/mol. The summed E-state index contributed by atoms with van der Waals surface area (Å²) in [4.78, 5) is 0. The summed E-state index contributed by atoms with van der Waals surface area (Å²) in [6, 6.07) is 0. The zero-order valence-corrected chi connectivity index (χ0v) is 15.8. The van der Waals surface area contributed by atoms with Crippen LogP contribution >= 0.6 is 59.0 Å². The van der Waals surface area contributed by atoms with Crippen molar-refractivity contribution in [3.63, 3.8) is 0 Å². The Morgan fingerprint density at radius 1 is 0.600 bits per heavy atom. The smallest absolute Gasteiger partial charge is 0.706 e. The molecule has 0 aliphatic rings. The summed E-state index contributed by atoms with van der Waals surface area (Å²) in [6.07, 6.45) is 0. The van der Waals surface area contributed by atoms with E-state index in [2.05, 4.69) is 23.3 Å². The van der Waals surface area contributed by atoms with E-state index in [1.54, 1.807) is 39.3 Å².